The molecule has 0 amide bonds. The second-order valence-corrected chi connectivity index (χ2v) is 14.1. The Balaban J connectivity index is 3.56. The molecule has 46 heavy (non-hydrogen) atoms. The zero-order valence-corrected chi connectivity index (χ0v) is 30.2. The molecule has 0 radical (unpaired) electrons. The smallest absolute Gasteiger partial charge is 0.458 e. The first kappa shape index (κ1) is 45.0. The predicted molar refractivity (Wildman–Crippen MR) is 182 cm³/mol. The molecular formula is C35H69O10P. The Hall–Kier alpha value is -1.03. The van der Waals surface area contributed by atoms with Gasteiger partial charge in [-0.1, -0.05) is 155 Å². The van der Waals surface area contributed by atoms with E-state index in [1.54, 1.807) is 0 Å². The maximum absolute atomic E-state index is 12.1. The molecule has 0 aliphatic carbocycles. The van der Waals surface area contributed by atoms with E-state index < -0.39 is 58.4 Å². The summed E-state index contributed by atoms with van der Waals surface area (Å²) in [5, 5.41) is 18.5. The molecule has 0 aliphatic rings. The molecule has 0 rings (SSSR count). The number of esters is 2. The van der Waals surface area contributed by atoms with Crippen molar-refractivity contribution >= 4 is 19.8 Å². The van der Waals surface area contributed by atoms with Crippen molar-refractivity contribution in [1.82, 2.24) is 0 Å². The molecule has 274 valence electrons. The fourth-order valence-corrected chi connectivity index (χ4v) is 6.13. The summed E-state index contributed by atoms with van der Waals surface area (Å²) in [6, 6.07) is 0. The van der Waals surface area contributed by atoms with Crippen LogP contribution in [0.3, 0.4) is 0 Å². The van der Waals surface area contributed by atoms with E-state index in [4.69, 9.17) is 23.6 Å². The second kappa shape index (κ2) is 32.5. The molecule has 0 aliphatic heterocycles. The van der Waals surface area contributed by atoms with Crippen LogP contribution in [0.1, 0.15) is 174 Å². The molecule has 0 saturated heterocycles. The molecule has 0 aromatic rings. The molecule has 3 unspecified atom stereocenters. The molecule has 0 fully saturated rings. The van der Waals surface area contributed by atoms with Gasteiger partial charge in [0, 0.05) is 13.3 Å². The molecule has 3 atom stereocenters. The van der Waals surface area contributed by atoms with Gasteiger partial charge in [-0.15, -0.1) is 0 Å². The third kappa shape index (κ3) is 31.6. The van der Waals surface area contributed by atoms with Crippen LogP contribution < -0.4 is 0 Å². The molecule has 0 spiro atoms. The van der Waals surface area contributed by atoms with E-state index in [1.165, 1.54) is 128 Å². The van der Waals surface area contributed by atoms with Crippen molar-refractivity contribution in [3.05, 3.63) is 0 Å². The lowest BCUT2D eigenvalue weighted by molar-refractivity contribution is -0.153. The molecule has 10 nitrogen and oxygen atoms in total. The Labute approximate surface area is 280 Å². The molecule has 0 saturated carbocycles. The lowest BCUT2D eigenvalue weighted by atomic mass is 10.0. The van der Waals surface area contributed by atoms with E-state index in [-0.39, 0.29) is 6.42 Å². The van der Waals surface area contributed by atoms with Gasteiger partial charge >= 0.3 is 19.8 Å². The minimum absolute atomic E-state index is 0.198. The maximum Gasteiger partial charge on any atom is 0.472 e. The van der Waals surface area contributed by atoms with Crippen LogP contribution in [0.5, 0.6) is 0 Å². The number of ether oxygens (including phenoxy) is 2. The first-order valence-corrected chi connectivity index (χ1v) is 19.9. The van der Waals surface area contributed by atoms with E-state index in [0.717, 1.165) is 26.2 Å². The zero-order valence-electron chi connectivity index (χ0n) is 29.3. The van der Waals surface area contributed by atoms with Gasteiger partial charge in [0.1, 0.15) is 12.2 Å². The van der Waals surface area contributed by atoms with Gasteiger partial charge in [-0.05, 0) is 6.42 Å². The van der Waals surface area contributed by atoms with Crippen LogP contribution in [0, 0.1) is 0 Å². The number of aliphatic hydroxyl groups is 2. The molecule has 11 heteroatoms. The topological polar surface area (TPSA) is 149 Å². The van der Waals surface area contributed by atoms with Crippen molar-refractivity contribution in [3.8, 4) is 0 Å². The van der Waals surface area contributed by atoms with Crippen LogP contribution in [0.4, 0.5) is 0 Å². The third-order valence-corrected chi connectivity index (χ3v) is 9.07. The number of phosphoric acid groups is 1. The largest absolute Gasteiger partial charge is 0.472 e. The Morgan fingerprint density at radius 1 is 0.543 bits per heavy atom. The summed E-state index contributed by atoms with van der Waals surface area (Å²) in [5.74, 6) is -1.19. The number of phosphoric ester groups is 1. The van der Waals surface area contributed by atoms with Crippen molar-refractivity contribution in [2.45, 2.75) is 187 Å². The number of aliphatic hydroxyl groups excluding tert-OH is 2. The summed E-state index contributed by atoms with van der Waals surface area (Å²) in [4.78, 5) is 32.8. The third-order valence-electron chi connectivity index (χ3n) is 8.12. The highest BCUT2D eigenvalue weighted by atomic mass is 31.2. The molecule has 0 aromatic carbocycles. The van der Waals surface area contributed by atoms with Gasteiger partial charge in [-0.25, -0.2) is 4.57 Å². The van der Waals surface area contributed by atoms with Crippen LogP contribution in [0.15, 0.2) is 0 Å². The van der Waals surface area contributed by atoms with Crippen LogP contribution in [0.25, 0.3) is 0 Å². The van der Waals surface area contributed by atoms with Gasteiger partial charge in [-0.2, -0.15) is 0 Å². The van der Waals surface area contributed by atoms with Crippen LogP contribution in [-0.4, -0.2) is 65.7 Å². The summed E-state index contributed by atoms with van der Waals surface area (Å²) >= 11 is 0. The SMILES string of the molecule is CCCCCCCCCCCCCCCCCCCCCCCCCCC(=O)OC(CO)COP(=O)(O)OCC(CO)OC(C)=O. The fourth-order valence-electron chi connectivity index (χ4n) is 5.35. The summed E-state index contributed by atoms with van der Waals surface area (Å²) < 4.78 is 31.3. The molecule has 0 aromatic heterocycles. The Morgan fingerprint density at radius 3 is 1.15 bits per heavy atom. The summed E-state index contributed by atoms with van der Waals surface area (Å²) in [6.07, 6.45) is 29.4. The van der Waals surface area contributed by atoms with E-state index in [1.807, 2.05) is 0 Å². The number of carbonyl (C=O) groups is 2. The Bertz CT molecular complexity index is 751. The lowest BCUT2D eigenvalue weighted by Gasteiger charge is -2.20. The fraction of sp³-hybridized carbons (Fsp3) is 0.943. The number of hydrogen-bond acceptors (Lipinski definition) is 9. The second-order valence-electron chi connectivity index (χ2n) is 12.7. The lowest BCUT2D eigenvalue weighted by Crippen LogP contribution is -2.28. The van der Waals surface area contributed by atoms with Crippen molar-refractivity contribution in [3.63, 3.8) is 0 Å². The quantitative estimate of drug-likeness (QED) is 0.0337. The van der Waals surface area contributed by atoms with Crippen molar-refractivity contribution in [1.29, 1.82) is 0 Å². The van der Waals surface area contributed by atoms with E-state index in [9.17, 15) is 24.2 Å². The number of unbranched alkanes of at least 4 members (excludes halogenated alkanes) is 23. The monoisotopic (exact) mass is 680 g/mol. The minimum atomic E-state index is -4.58. The van der Waals surface area contributed by atoms with Gasteiger partial charge in [0.25, 0.3) is 0 Å². The standard InChI is InChI=1S/C35H69O10P/c1-3-4-5-6-7-8-9-10-11-12-13-14-15-16-17-18-19-20-21-22-23-24-25-26-27-35(39)45-34(29-37)31-43-46(40,41)42-30-33(28-36)44-32(2)38/h33-34,36-37H,3-31H2,1-2H3,(H,40,41). The first-order valence-electron chi connectivity index (χ1n) is 18.4. The maximum atomic E-state index is 12.1. The normalized spacial score (nSPS) is 14.1. The average Bonchev–Trinajstić information content (AvgIpc) is 3.03. The summed E-state index contributed by atoms with van der Waals surface area (Å²) in [7, 11) is -4.58. The highest BCUT2D eigenvalue weighted by molar-refractivity contribution is 7.47. The molecule has 3 N–H and O–H groups in total. The van der Waals surface area contributed by atoms with Crippen LogP contribution >= 0.6 is 7.82 Å². The molecule has 0 bridgehead atoms. The van der Waals surface area contributed by atoms with Gasteiger partial charge in [-0.3, -0.25) is 18.6 Å². The zero-order chi connectivity index (χ0) is 34.1. The summed E-state index contributed by atoms with van der Waals surface area (Å²) in [5.41, 5.74) is 0. The Kier molecular flexibility index (Phi) is 31.8. The summed E-state index contributed by atoms with van der Waals surface area (Å²) in [6.45, 7) is 1.11. The van der Waals surface area contributed by atoms with Crippen LogP contribution in [-0.2, 0) is 32.7 Å². The minimum Gasteiger partial charge on any atom is -0.458 e. The molecule has 0 heterocycles. The molecular weight excluding hydrogens is 611 g/mol. The van der Waals surface area contributed by atoms with E-state index >= 15 is 0 Å². The van der Waals surface area contributed by atoms with Gasteiger partial charge < -0.3 is 24.6 Å². The highest BCUT2D eigenvalue weighted by Crippen LogP contribution is 2.43. The predicted octanol–water partition coefficient (Wildman–Crippen LogP) is 8.72. The highest BCUT2D eigenvalue weighted by Gasteiger charge is 2.27. The van der Waals surface area contributed by atoms with E-state index in [2.05, 4.69) is 6.92 Å². The number of hydrogen-bond donors (Lipinski definition) is 3. The number of rotatable bonds is 35. The van der Waals surface area contributed by atoms with E-state index in [0.29, 0.717) is 6.42 Å². The van der Waals surface area contributed by atoms with Gasteiger partial charge in [0.05, 0.1) is 26.4 Å². The van der Waals surface area contributed by atoms with Crippen molar-refractivity contribution < 1.29 is 47.8 Å². The van der Waals surface area contributed by atoms with Gasteiger partial charge in [0.2, 0.25) is 0 Å². The Morgan fingerprint density at radius 2 is 0.848 bits per heavy atom. The van der Waals surface area contributed by atoms with Crippen molar-refractivity contribution in [2.24, 2.45) is 0 Å². The van der Waals surface area contributed by atoms with Gasteiger partial charge in [0.15, 0.2) is 0 Å². The average molecular weight is 681 g/mol. The number of carbonyl (C=O) groups excluding carboxylic acids is 2. The van der Waals surface area contributed by atoms with Crippen LogP contribution in [0.2, 0.25) is 0 Å². The first-order chi connectivity index (χ1) is 22.2. The van der Waals surface area contributed by atoms with Crippen molar-refractivity contribution in [2.75, 3.05) is 26.4 Å².